The van der Waals surface area contributed by atoms with Gasteiger partial charge in [0.1, 0.15) is 0 Å². The average molecular weight is 429 g/mol. The fraction of sp³-hybridized carbons (Fsp3) is 0.370. The maximum absolute atomic E-state index is 11.8. The van der Waals surface area contributed by atoms with Crippen LogP contribution < -0.4 is 0 Å². The number of carboxylic acids is 1. The summed E-state index contributed by atoms with van der Waals surface area (Å²) >= 11 is 0. The molecular formula is C27H28N2O3. The first-order chi connectivity index (χ1) is 15.7. The first-order valence-corrected chi connectivity index (χ1v) is 11.7. The Morgan fingerprint density at radius 2 is 1.88 bits per heavy atom. The highest BCUT2D eigenvalue weighted by Gasteiger charge is 2.30. The van der Waals surface area contributed by atoms with Gasteiger partial charge in [0.15, 0.2) is 0 Å². The first kappa shape index (κ1) is 19.6. The number of nitrogens with zero attached hydrogens (tertiary/aromatic N) is 2. The molecule has 32 heavy (non-hydrogen) atoms. The third-order valence-corrected chi connectivity index (χ3v) is 7.56. The predicted molar refractivity (Wildman–Crippen MR) is 126 cm³/mol. The van der Waals surface area contributed by atoms with Crippen LogP contribution in [0.1, 0.15) is 53.9 Å². The molecule has 1 fully saturated rings. The van der Waals surface area contributed by atoms with Crippen molar-refractivity contribution in [2.24, 2.45) is 5.92 Å². The molecule has 1 saturated carbocycles. The van der Waals surface area contributed by atoms with Gasteiger partial charge in [-0.15, -0.1) is 0 Å². The van der Waals surface area contributed by atoms with Crippen LogP contribution in [0.2, 0.25) is 0 Å². The van der Waals surface area contributed by atoms with Gasteiger partial charge in [-0.1, -0.05) is 43.5 Å². The number of aliphatic hydroxyl groups excluding tert-OH is 1. The van der Waals surface area contributed by atoms with Gasteiger partial charge in [-0.05, 0) is 42.5 Å². The average Bonchev–Trinajstić information content (AvgIpc) is 3.36. The van der Waals surface area contributed by atoms with Gasteiger partial charge in [0.2, 0.25) is 0 Å². The van der Waals surface area contributed by atoms with Crippen LogP contribution in [0.5, 0.6) is 0 Å². The zero-order chi connectivity index (χ0) is 21.8. The van der Waals surface area contributed by atoms with Gasteiger partial charge in [-0.25, -0.2) is 4.79 Å². The summed E-state index contributed by atoms with van der Waals surface area (Å²) in [6.45, 7) is 1.51. The Balaban J connectivity index is 1.74. The molecule has 0 saturated heterocycles. The van der Waals surface area contributed by atoms with E-state index in [-0.39, 0.29) is 12.5 Å². The highest BCUT2D eigenvalue weighted by Crippen LogP contribution is 2.46. The van der Waals surface area contributed by atoms with Gasteiger partial charge in [0.25, 0.3) is 0 Å². The Hall–Kier alpha value is -3.05. The van der Waals surface area contributed by atoms with Crippen molar-refractivity contribution in [2.75, 3.05) is 6.61 Å². The Bertz CT molecular complexity index is 1340. The van der Waals surface area contributed by atoms with Crippen LogP contribution in [-0.4, -0.2) is 31.9 Å². The Morgan fingerprint density at radius 3 is 2.66 bits per heavy atom. The van der Waals surface area contributed by atoms with Crippen molar-refractivity contribution >= 4 is 27.8 Å². The van der Waals surface area contributed by atoms with Gasteiger partial charge in [-0.3, -0.25) is 0 Å². The van der Waals surface area contributed by atoms with E-state index in [1.807, 2.05) is 12.1 Å². The molecule has 0 bridgehead atoms. The highest BCUT2D eigenvalue weighted by molar-refractivity contribution is 6.02. The van der Waals surface area contributed by atoms with E-state index in [1.54, 1.807) is 6.07 Å². The zero-order valence-electron chi connectivity index (χ0n) is 18.1. The molecule has 2 aromatic heterocycles. The maximum atomic E-state index is 11.8. The zero-order valence-corrected chi connectivity index (χ0v) is 18.1. The highest BCUT2D eigenvalue weighted by atomic mass is 16.4. The predicted octanol–water partition coefficient (Wildman–Crippen LogP) is 5.63. The number of para-hydroxylation sites is 1. The Morgan fingerprint density at radius 1 is 1.03 bits per heavy atom. The number of benzene rings is 2. The summed E-state index contributed by atoms with van der Waals surface area (Å²) in [6.07, 6.45) is 8.25. The third kappa shape index (κ3) is 2.91. The van der Waals surface area contributed by atoms with E-state index in [9.17, 15) is 15.0 Å². The van der Waals surface area contributed by atoms with E-state index in [1.165, 1.54) is 65.2 Å². The number of rotatable bonds is 3. The minimum absolute atomic E-state index is 0.0565. The molecule has 2 aliphatic rings. The Labute approximate surface area is 186 Å². The summed E-state index contributed by atoms with van der Waals surface area (Å²) in [6, 6.07) is 14.3. The molecule has 0 radical (unpaired) electrons. The van der Waals surface area contributed by atoms with Crippen LogP contribution in [0.25, 0.3) is 33.1 Å². The molecule has 3 heterocycles. The molecule has 2 N–H and O–H groups in total. The Kier molecular flexibility index (Phi) is 4.61. The van der Waals surface area contributed by atoms with Crippen LogP contribution in [-0.2, 0) is 13.1 Å². The summed E-state index contributed by atoms with van der Waals surface area (Å²) < 4.78 is 4.61. The minimum atomic E-state index is -0.901. The number of aromatic carboxylic acids is 1. The molecule has 5 nitrogen and oxygen atoms in total. The number of carbonyl (C=O) groups is 1. The van der Waals surface area contributed by atoms with Crippen LogP contribution in [0, 0.1) is 5.92 Å². The topological polar surface area (TPSA) is 67.4 Å². The number of carboxylic acid groups (broad SMARTS) is 1. The van der Waals surface area contributed by atoms with E-state index in [0.717, 1.165) is 12.1 Å². The largest absolute Gasteiger partial charge is 0.478 e. The van der Waals surface area contributed by atoms with E-state index >= 15 is 0 Å². The second kappa shape index (κ2) is 7.52. The van der Waals surface area contributed by atoms with Gasteiger partial charge < -0.3 is 19.3 Å². The molecule has 164 valence electrons. The molecule has 1 unspecified atom stereocenters. The number of hydrogen-bond donors (Lipinski definition) is 2. The standard InChI is InChI=1S/C27H28N2O3/c30-16-17-14-28-12-11-19-7-4-8-22(25(19)28)26-24(18-5-2-1-3-6-18)21-10-9-20(27(31)32)13-23(21)29(26)15-17/h4,7-13,17-18,30H,1-3,5-6,14-16H2,(H,31,32). The van der Waals surface area contributed by atoms with E-state index in [0.29, 0.717) is 18.0 Å². The van der Waals surface area contributed by atoms with Gasteiger partial charge >= 0.3 is 5.97 Å². The number of fused-ring (bicyclic) bond motifs is 4. The molecule has 4 aromatic rings. The smallest absolute Gasteiger partial charge is 0.335 e. The van der Waals surface area contributed by atoms with Crippen molar-refractivity contribution in [3.63, 3.8) is 0 Å². The monoisotopic (exact) mass is 428 g/mol. The van der Waals surface area contributed by atoms with E-state index in [2.05, 4.69) is 39.6 Å². The quantitative estimate of drug-likeness (QED) is 0.444. The molecule has 0 amide bonds. The molecule has 1 atom stereocenters. The molecule has 0 spiro atoms. The van der Waals surface area contributed by atoms with Crippen molar-refractivity contribution in [1.82, 2.24) is 9.13 Å². The van der Waals surface area contributed by atoms with Crippen LogP contribution in [0.4, 0.5) is 0 Å². The minimum Gasteiger partial charge on any atom is -0.478 e. The van der Waals surface area contributed by atoms with Gasteiger partial charge in [0, 0.05) is 53.7 Å². The fourth-order valence-corrected chi connectivity index (χ4v) is 6.11. The van der Waals surface area contributed by atoms with E-state index < -0.39 is 5.97 Å². The van der Waals surface area contributed by atoms with Crippen molar-refractivity contribution in [3.8, 4) is 11.3 Å². The molecule has 1 aliphatic carbocycles. The SMILES string of the molecule is O=C(O)c1ccc2c(C3CCCCC3)c3n(c2c1)CC(CO)Cn1ccc2cccc-3c21. The lowest BCUT2D eigenvalue weighted by Crippen LogP contribution is -2.23. The lowest BCUT2D eigenvalue weighted by molar-refractivity contribution is 0.0697. The number of aromatic nitrogens is 2. The molecule has 6 rings (SSSR count). The number of aliphatic hydroxyl groups is 1. The lowest BCUT2D eigenvalue weighted by atomic mass is 9.81. The van der Waals surface area contributed by atoms with Crippen molar-refractivity contribution in [3.05, 3.63) is 59.8 Å². The second-order valence-corrected chi connectivity index (χ2v) is 9.51. The fourth-order valence-electron chi connectivity index (χ4n) is 6.11. The molecule has 5 heteroatoms. The summed E-state index contributed by atoms with van der Waals surface area (Å²) in [5.74, 6) is -0.368. The normalized spacial score (nSPS) is 19.1. The summed E-state index contributed by atoms with van der Waals surface area (Å²) in [7, 11) is 0. The molecule has 2 aromatic carbocycles. The molecular weight excluding hydrogens is 400 g/mol. The number of hydrogen-bond acceptors (Lipinski definition) is 2. The summed E-state index contributed by atoms with van der Waals surface area (Å²) in [5, 5.41) is 22.3. The van der Waals surface area contributed by atoms with Gasteiger partial charge in [0.05, 0.1) is 16.8 Å². The second-order valence-electron chi connectivity index (χ2n) is 9.51. The van der Waals surface area contributed by atoms with E-state index in [4.69, 9.17) is 0 Å². The van der Waals surface area contributed by atoms with Crippen molar-refractivity contribution in [1.29, 1.82) is 0 Å². The van der Waals surface area contributed by atoms with Crippen LogP contribution >= 0.6 is 0 Å². The molecule has 1 aliphatic heterocycles. The maximum Gasteiger partial charge on any atom is 0.335 e. The van der Waals surface area contributed by atoms with Gasteiger partial charge in [-0.2, -0.15) is 0 Å². The lowest BCUT2D eigenvalue weighted by Gasteiger charge is -2.27. The first-order valence-electron chi connectivity index (χ1n) is 11.7. The van der Waals surface area contributed by atoms with Crippen LogP contribution in [0.3, 0.4) is 0 Å². The third-order valence-electron chi connectivity index (χ3n) is 7.56. The van der Waals surface area contributed by atoms with Crippen molar-refractivity contribution in [2.45, 2.75) is 51.1 Å². The summed E-state index contributed by atoms with van der Waals surface area (Å²) in [5.41, 5.74) is 6.32. The summed E-state index contributed by atoms with van der Waals surface area (Å²) in [4.78, 5) is 11.8. The van der Waals surface area contributed by atoms with Crippen molar-refractivity contribution < 1.29 is 15.0 Å². The van der Waals surface area contributed by atoms with Crippen LogP contribution in [0.15, 0.2) is 48.7 Å².